The van der Waals surface area contributed by atoms with Crippen LogP contribution in [0.25, 0.3) is 0 Å². The molecular weight excluding hydrogens is 330 g/mol. The van der Waals surface area contributed by atoms with Crippen molar-refractivity contribution in [2.24, 2.45) is 0 Å². The molecule has 20 heavy (non-hydrogen) atoms. The molecule has 0 aliphatic carbocycles. The van der Waals surface area contributed by atoms with Gasteiger partial charge in [0.15, 0.2) is 9.84 Å². The number of sulfone groups is 1. The molecule has 7 nitrogen and oxygen atoms in total. The fraction of sp³-hybridized carbons (Fsp3) is 0.400. The Hall–Kier alpha value is -0.710. The van der Waals surface area contributed by atoms with Crippen LogP contribution in [0.5, 0.6) is 0 Å². The van der Waals surface area contributed by atoms with E-state index < -0.39 is 44.0 Å². The number of halogens is 1. The van der Waals surface area contributed by atoms with Gasteiger partial charge in [0.2, 0.25) is 10.0 Å². The Kier molecular flexibility index (Phi) is 5.53. The van der Waals surface area contributed by atoms with Gasteiger partial charge in [0.05, 0.1) is 22.6 Å². The van der Waals surface area contributed by atoms with Crippen LogP contribution in [0, 0.1) is 0 Å². The smallest absolute Gasteiger partial charge is 0.242 e. The number of nitrogens with one attached hydrogen (secondary N) is 1. The summed E-state index contributed by atoms with van der Waals surface area (Å²) in [4.78, 5) is -0.600. The second kappa shape index (κ2) is 6.37. The van der Waals surface area contributed by atoms with Gasteiger partial charge in [0.1, 0.15) is 4.90 Å². The molecule has 1 unspecified atom stereocenters. The fourth-order valence-electron chi connectivity index (χ4n) is 1.27. The number of sulfonamides is 1. The van der Waals surface area contributed by atoms with Crippen LogP contribution in [0.3, 0.4) is 0 Å². The zero-order valence-corrected chi connectivity index (χ0v) is 12.8. The maximum absolute atomic E-state index is 12.0. The van der Waals surface area contributed by atoms with Crippen LogP contribution in [0.2, 0.25) is 5.02 Å². The lowest BCUT2D eigenvalue weighted by Gasteiger charge is -2.11. The number of hydrogen-bond acceptors (Lipinski definition) is 6. The van der Waals surface area contributed by atoms with Gasteiger partial charge in [-0.1, -0.05) is 11.6 Å². The van der Waals surface area contributed by atoms with Gasteiger partial charge in [0, 0.05) is 12.8 Å². The van der Waals surface area contributed by atoms with Crippen LogP contribution >= 0.6 is 11.6 Å². The lowest BCUT2D eigenvalue weighted by molar-refractivity contribution is 0.0988. The SMILES string of the molecule is CS(=O)(=O)c1ccc(Cl)c(S(=O)(=O)NCC(O)CO)c1. The van der Waals surface area contributed by atoms with Crippen molar-refractivity contribution >= 4 is 31.5 Å². The zero-order chi connectivity index (χ0) is 15.6. The summed E-state index contributed by atoms with van der Waals surface area (Å²) in [5.74, 6) is 0. The minimum absolute atomic E-state index is 0.150. The molecule has 0 aliphatic heterocycles. The van der Waals surface area contributed by atoms with Gasteiger partial charge in [-0.3, -0.25) is 0 Å². The van der Waals surface area contributed by atoms with Crippen molar-refractivity contribution in [3.05, 3.63) is 23.2 Å². The highest BCUT2D eigenvalue weighted by Crippen LogP contribution is 2.24. The van der Waals surface area contributed by atoms with Gasteiger partial charge in [-0.25, -0.2) is 21.6 Å². The maximum Gasteiger partial charge on any atom is 0.242 e. The van der Waals surface area contributed by atoms with Crippen LogP contribution in [0.1, 0.15) is 0 Å². The molecule has 0 heterocycles. The average Bonchev–Trinajstić information content (AvgIpc) is 2.34. The third kappa shape index (κ3) is 4.40. The minimum Gasteiger partial charge on any atom is -0.394 e. The van der Waals surface area contributed by atoms with Crippen molar-refractivity contribution in [3.8, 4) is 0 Å². The average molecular weight is 344 g/mol. The number of benzene rings is 1. The Morgan fingerprint density at radius 3 is 2.40 bits per heavy atom. The van der Waals surface area contributed by atoms with Crippen LogP contribution in [0.4, 0.5) is 0 Å². The predicted molar refractivity (Wildman–Crippen MR) is 72.8 cm³/mol. The second-order valence-corrected chi connectivity index (χ2v) is 8.21. The van der Waals surface area contributed by atoms with E-state index >= 15 is 0 Å². The lowest BCUT2D eigenvalue weighted by atomic mass is 10.4. The molecule has 0 spiro atoms. The van der Waals surface area contributed by atoms with Gasteiger partial charge >= 0.3 is 0 Å². The van der Waals surface area contributed by atoms with Gasteiger partial charge in [0.25, 0.3) is 0 Å². The Morgan fingerprint density at radius 1 is 1.30 bits per heavy atom. The molecule has 0 fully saturated rings. The van der Waals surface area contributed by atoms with Gasteiger partial charge in [-0.15, -0.1) is 0 Å². The zero-order valence-electron chi connectivity index (χ0n) is 10.4. The molecule has 0 saturated heterocycles. The van der Waals surface area contributed by atoms with Crippen molar-refractivity contribution in [2.75, 3.05) is 19.4 Å². The maximum atomic E-state index is 12.0. The van der Waals surface area contributed by atoms with E-state index in [9.17, 15) is 16.8 Å². The predicted octanol–water partition coefficient (Wildman–Crippen LogP) is -0.625. The normalized spacial score (nSPS) is 14.2. The van der Waals surface area contributed by atoms with E-state index in [1.807, 2.05) is 4.72 Å². The van der Waals surface area contributed by atoms with E-state index in [0.717, 1.165) is 18.4 Å². The Balaban J connectivity index is 3.18. The summed E-state index contributed by atoms with van der Waals surface area (Å²) in [5, 5.41) is 17.6. The van der Waals surface area contributed by atoms with E-state index in [0.29, 0.717) is 0 Å². The Labute approximate surface area is 122 Å². The molecule has 1 aromatic rings. The summed E-state index contributed by atoms with van der Waals surface area (Å²) in [7, 11) is -7.67. The first-order valence-electron chi connectivity index (χ1n) is 5.36. The Morgan fingerprint density at radius 2 is 1.90 bits per heavy atom. The molecule has 3 N–H and O–H groups in total. The summed E-state index contributed by atoms with van der Waals surface area (Å²) in [6.45, 7) is -1.03. The summed E-state index contributed by atoms with van der Waals surface area (Å²) in [6, 6.07) is 3.29. The monoisotopic (exact) mass is 343 g/mol. The summed E-state index contributed by atoms with van der Waals surface area (Å²) in [6.07, 6.45) is -0.322. The highest BCUT2D eigenvalue weighted by atomic mass is 35.5. The largest absolute Gasteiger partial charge is 0.394 e. The van der Waals surface area contributed by atoms with Crippen LogP contribution < -0.4 is 4.72 Å². The number of rotatable bonds is 6. The van der Waals surface area contributed by atoms with Crippen LogP contribution in [0.15, 0.2) is 28.0 Å². The molecule has 0 amide bonds. The van der Waals surface area contributed by atoms with Crippen molar-refractivity contribution in [3.63, 3.8) is 0 Å². The molecule has 0 radical (unpaired) electrons. The van der Waals surface area contributed by atoms with Crippen molar-refractivity contribution in [2.45, 2.75) is 15.9 Å². The highest BCUT2D eigenvalue weighted by molar-refractivity contribution is 7.91. The molecular formula is C10H14ClNO6S2. The second-order valence-electron chi connectivity index (χ2n) is 4.05. The van der Waals surface area contributed by atoms with E-state index in [2.05, 4.69) is 0 Å². The molecule has 0 saturated carbocycles. The molecule has 0 aromatic heterocycles. The third-order valence-electron chi connectivity index (χ3n) is 2.34. The summed E-state index contributed by atoms with van der Waals surface area (Å²) in [5.41, 5.74) is 0. The van der Waals surface area contributed by atoms with Gasteiger partial charge < -0.3 is 10.2 Å². The summed E-state index contributed by atoms with van der Waals surface area (Å²) >= 11 is 5.75. The van der Waals surface area contributed by atoms with E-state index in [1.54, 1.807) is 0 Å². The van der Waals surface area contributed by atoms with Crippen molar-refractivity contribution in [1.82, 2.24) is 4.72 Å². The first-order chi connectivity index (χ1) is 9.08. The van der Waals surface area contributed by atoms with E-state index in [-0.39, 0.29) is 9.92 Å². The lowest BCUT2D eigenvalue weighted by Crippen LogP contribution is -2.34. The number of aliphatic hydroxyl groups excluding tert-OH is 2. The first-order valence-corrected chi connectivity index (χ1v) is 9.11. The third-order valence-corrected chi connectivity index (χ3v) is 5.36. The van der Waals surface area contributed by atoms with E-state index in [1.165, 1.54) is 6.07 Å². The Bertz CT molecular complexity index is 686. The van der Waals surface area contributed by atoms with Gasteiger partial charge in [-0.05, 0) is 18.2 Å². The molecule has 10 heteroatoms. The van der Waals surface area contributed by atoms with Gasteiger partial charge in [-0.2, -0.15) is 0 Å². The topological polar surface area (TPSA) is 121 Å². The molecule has 1 atom stereocenters. The first kappa shape index (κ1) is 17.3. The molecule has 0 aliphatic rings. The number of hydrogen-bond donors (Lipinski definition) is 3. The molecule has 1 aromatic carbocycles. The minimum atomic E-state index is -4.10. The molecule has 114 valence electrons. The summed E-state index contributed by atoms with van der Waals surface area (Å²) < 4.78 is 48.8. The van der Waals surface area contributed by atoms with E-state index in [4.69, 9.17) is 21.8 Å². The highest BCUT2D eigenvalue weighted by Gasteiger charge is 2.21. The van der Waals surface area contributed by atoms with Crippen molar-refractivity contribution < 1.29 is 27.0 Å². The van der Waals surface area contributed by atoms with Crippen LogP contribution in [-0.4, -0.2) is 52.6 Å². The standard InChI is InChI=1S/C10H14ClNO6S2/c1-19(15,16)8-2-3-9(11)10(4-8)20(17,18)12-5-7(14)6-13/h2-4,7,12-14H,5-6H2,1H3. The fourth-order valence-corrected chi connectivity index (χ4v) is 3.59. The number of aliphatic hydroxyl groups is 2. The quantitative estimate of drug-likeness (QED) is 0.632. The van der Waals surface area contributed by atoms with Crippen LogP contribution in [-0.2, 0) is 19.9 Å². The van der Waals surface area contributed by atoms with Crippen molar-refractivity contribution in [1.29, 1.82) is 0 Å². The molecule has 1 rings (SSSR count). The molecule has 0 bridgehead atoms.